The van der Waals surface area contributed by atoms with E-state index in [1.165, 1.54) is 12.1 Å². The molecule has 0 atom stereocenters. The zero-order valence-corrected chi connectivity index (χ0v) is 9.29. The SMILES string of the molecule is CCc1ccc(F)cc1C1(C(=O)O)CCC1. The highest BCUT2D eigenvalue weighted by Gasteiger charge is 2.47. The average Bonchev–Trinajstić information content (AvgIpc) is 2.15. The molecule has 3 heteroatoms. The van der Waals surface area contributed by atoms with Crippen molar-refractivity contribution in [2.24, 2.45) is 0 Å². The fourth-order valence-electron chi connectivity index (χ4n) is 2.43. The third-order valence-corrected chi connectivity index (χ3v) is 3.58. The van der Waals surface area contributed by atoms with Crippen molar-refractivity contribution in [2.75, 3.05) is 0 Å². The zero-order chi connectivity index (χ0) is 11.8. The van der Waals surface area contributed by atoms with Gasteiger partial charge in [0.15, 0.2) is 0 Å². The smallest absolute Gasteiger partial charge is 0.314 e. The van der Waals surface area contributed by atoms with Gasteiger partial charge >= 0.3 is 5.97 Å². The Kier molecular flexibility index (Phi) is 2.70. The number of aryl methyl sites for hydroxylation is 1. The fourth-order valence-corrected chi connectivity index (χ4v) is 2.43. The second-order valence-corrected chi connectivity index (χ2v) is 4.40. The minimum Gasteiger partial charge on any atom is -0.481 e. The standard InChI is InChI=1S/C13H15FO2/c1-2-9-4-5-10(14)8-11(9)13(12(15)16)6-3-7-13/h4-5,8H,2-3,6-7H2,1H3,(H,15,16). The average molecular weight is 222 g/mol. The maximum absolute atomic E-state index is 13.2. The maximum Gasteiger partial charge on any atom is 0.314 e. The third kappa shape index (κ3) is 1.51. The lowest BCUT2D eigenvalue weighted by molar-refractivity contribution is -0.147. The number of carboxylic acids is 1. The quantitative estimate of drug-likeness (QED) is 0.853. The van der Waals surface area contributed by atoms with Gasteiger partial charge in [-0.15, -0.1) is 0 Å². The van der Waals surface area contributed by atoms with E-state index in [-0.39, 0.29) is 5.82 Å². The molecular formula is C13H15FO2. The highest BCUT2D eigenvalue weighted by atomic mass is 19.1. The first kappa shape index (κ1) is 11.1. The van der Waals surface area contributed by atoms with E-state index in [4.69, 9.17) is 0 Å². The largest absolute Gasteiger partial charge is 0.481 e. The number of halogens is 1. The van der Waals surface area contributed by atoms with Crippen LogP contribution in [-0.2, 0) is 16.6 Å². The Labute approximate surface area is 94.1 Å². The molecule has 0 heterocycles. The van der Waals surface area contributed by atoms with Crippen LogP contribution in [0.1, 0.15) is 37.3 Å². The van der Waals surface area contributed by atoms with Gasteiger partial charge in [0.05, 0.1) is 5.41 Å². The summed E-state index contributed by atoms with van der Waals surface area (Å²) in [6, 6.07) is 4.50. The molecule has 2 rings (SSSR count). The molecule has 2 nitrogen and oxygen atoms in total. The molecule has 0 radical (unpaired) electrons. The summed E-state index contributed by atoms with van der Waals surface area (Å²) in [4.78, 5) is 11.4. The van der Waals surface area contributed by atoms with Crippen LogP contribution < -0.4 is 0 Å². The Bertz CT molecular complexity index is 422. The molecule has 86 valence electrons. The van der Waals surface area contributed by atoms with E-state index >= 15 is 0 Å². The highest BCUT2D eigenvalue weighted by Crippen LogP contribution is 2.45. The Morgan fingerprint density at radius 3 is 2.62 bits per heavy atom. The summed E-state index contributed by atoms with van der Waals surface area (Å²) >= 11 is 0. The first-order chi connectivity index (χ1) is 7.60. The molecule has 1 aromatic carbocycles. The van der Waals surface area contributed by atoms with Crippen LogP contribution in [0.5, 0.6) is 0 Å². The molecule has 0 unspecified atom stereocenters. The van der Waals surface area contributed by atoms with Crippen molar-refractivity contribution < 1.29 is 14.3 Å². The van der Waals surface area contributed by atoms with Crippen LogP contribution in [0.2, 0.25) is 0 Å². The topological polar surface area (TPSA) is 37.3 Å². The first-order valence-corrected chi connectivity index (χ1v) is 5.62. The molecule has 0 aromatic heterocycles. The van der Waals surface area contributed by atoms with Gasteiger partial charge in [-0.2, -0.15) is 0 Å². The van der Waals surface area contributed by atoms with Crippen LogP contribution in [0.3, 0.4) is 0 Å². The van der Waals surface area contributed by atoms with Gasteiger partial charge in [-0.05, 0) is 42.5 Å². The van der Waals surface area contributed by atoms with Gasteiger partial charge in [-0.1, -0.05) is 19.4 Å². The summed E-state index contributed by atoms with van der Waals surface area (Å²) in [6.45, 7) is 1.96. The van der Waals surface area contributed by atoms with Gasteiger partial charge in [0.2, 0.25) is 0 Å². The summed E-state index contributed by atoms with van der Waals surface area (Å²) < 4.78 is 13.2. The van der Waals surface area contributed by atoms with Gasteiger partial charge in [0, 0.05) is 0 Å². The summed E-state index contributed by atoms with van der Waals surface area (Å²) in [7, 11) is 0. The van der Waals surface area contributed by atoms with Gasteiger partial charge in [-0.25, -0.2) is 4.39 Å². The second kappa shape index (κ2) is 3.89. The number of carboxylic acid groups (broad SMARTS) is 1. The number of hydrogen-bond donors (Lipinski definition) is 1. The van der Waals surface area contributed by atoms with Crippen molar-refractivity contribution in [1.29, 1.82) is 0 Å². The van der Waals surface area contributed by atoms with Crippen LogP contribution in [-0.4, -0.2) is 11.1 Å². The Morgan fingerprint density at radius 1 is 1.50 bits per heavy atom. The van der Waals surface area contributed by atoms with Crippen molar-refractivity contribution in [2.45, 2.75) is 38.0 Å². The third-order valence-electron chi connectivity index (χ3n) is 3.58. The minimum absolute atomic E-state index is 0.347. The van der Waals surface area contributed by atoms with Crippen LogP contribution in [0.15, 0.2) is 18.2 Å². The molecule has 1 N–H and O–H groups in total. The lowest BCUT2D eigenvalue weighted by Gasteiger charge is -2.39. The van der Waals surface area contributed by atoms with E-state index in [0.717, 1.165) is 18.4 Å². The van der Waals surface area contributed by atoms with Gasteiger partial charge in [0.25, 0.3) is 0 Å². The molecule has 0 bridgehead atoms. The predicted octanol–water partition coefficient (Wildman–Crippen LogP) is 2.89. The van der Waals surface area contributed by atoms with Crippen molar-refractivity contribution in [3.63, 3.8) is 0 Å². The first-order valence-electron chi connectivity index (χ1n) is 5.62. The Morgan fingerprint density at radius 2 is 2.19 bits per heavy atom. The summed E-state index contributed by atoms with van der Waals surface area (Å²) in [5.74, 6) is -1.17. The molecule has 16 heavy (non-hydrogen) atoms. The van der Waals surface area contributed by atoms with Crippen LogP contribution in [0, 0.1) is 5.82 Å². The predicted molar refractivity (Wildman–Crippen MR) is 58.9 cm³/mol. The van der Waals surface area contributed by atoms with Gasteiger partial charge in [0.1, 0.15) is 5.82 Å². The summed E-state index contributed by atoms with van der Waals surface area (Å²) in [5, 5.41) is 9.33. The van der Waals surface area contributed by atoms with Crippen LogP contribution in [0.4, 0.5) is 4.39 Å². The van der Waals surface area contributed by atoms with E-state index in [2.05, 4.69) is 0 Å². The van der Waals surface area contributed by atoms with Crippen LogP contribution in [0.25, 0.3) is 0 Å². The normalized spacial score (nSPS) is 17.9. The molecular weight excluding hydrogens is 207 g/mol. The number of rotatable bonds is 3. The lowest BCUT2D eigenvalue weighted by atomic mass is 9.63. The van der Waals surface area contributed by atoms with Crippen molar-refractivity contribution in [1.82, 2.24) is 0 Å². The van der Waals surface area contributed by atoms with Gasteiger partial charge in [-0.3, -0.25) is 4.79 Å². The van der Waals surface area contributed by atoms with E-state index < -0.39 is 11.4 Å². The van der Waals surface area contributed by atoms with Gasteiger partial charge < -0.3 is 5.11 Å². The van der Waals surface area contributed by atoms with E-state index in [1.54, 1.807) is 6.07 Å². The second-order valence-electron chi connectivity index (χ2n) is 4.40. The fraction of sp³-hybridized carbons (Fsp3) is 0.462. The molecule has 1 saturated carbocycles. The molecule has 1 aliphatic carbocycles. The molecule has 1 aromatic rings. The molecule has 0 spiro atoms. The monoisotopic (exact) mass is 222 g/mol. The number of carbonyl (C=O) groups is 1. The maximum atomic E-state index is 13.2. The minimum atomic E-state index is -0.826. The van der Waals surface area contributed by atoms with E-state index in [9.17, 15) is 14.3 Å². The van der Waals surface area contributed by atoms with Crippen LogP contribution >= 0.6 is 0 Å². The molecule has 0 saturated heterocycles. The van der Waals surface area contributed by atoms with E-state index in [1.807, 2.05) is 6.92 Å². The van der Waals surface area contributed by atoms with Crippen molar-refractivity contribution in [3.05, 3.63) is 35.1 Å². The number of aliphatic carboxylic acids is 1. The molecule has 1 fully saturated rings. The van der Waals surface area contributed by atoms with E-state index in [0.29, 0.717) is 18.4 Å². The lowest BCUT2D eigenvalue weighted by Crippen LogP contribution is -2.43. The highest BCUT2D eigenvalue weighted by molar-refractivity contribution is 5.83. The molecule has 1 aliphatic rings. The van der Waals surface area contributed by atoms with Crippen molar-refractivity contribution in [3.8, 4) is 0 Å². The Balaban J connectivity index is 2.52. The summed E-state index contributed by atoms with van der Waals surface area (Å²) in [6.07, 6.45) is 2.90. The molecule has 0 amide bonds. The molecule has 0 aliphatic heterocycles. The zero-order valence-electron chi connectivity index (χ0n) is 9.29. The number of benzene rings is 1. The summed E-state index contributed by atoms with van der Waals surface area (Å²) in [5.41, 5.74) is 0.797. The number of hydrogen-bond acceptors (Lipinski definition) is 1. The Hall–Kier alpha value is -1.38. The van der Waals surface area contributed by atoms with Crippen molar-refractivity contribution >= 4 is 5.97 Å².